The molecule has 0 saturated heterocycles. The SMILES string of the molecule is CCCCCCCC/C=C\CCCCCCCC(O)OCC(S)CCCCCCCC. The Morgan fingerprint density at radius 3 is 1.55 bits per heavy atom. The van der Waals surface area contributed by atoms with Crippen molar-refractivity contribution >= 4 is 12.6 Å². The monoisotopic (exact) mass is 456 g/mol. The molecule has 0 saturated carbocycles. The molecule has 0 aliphatic heterocycles. The molecule has 2 nitrogen and oxygen atoms in total. The lowest BCUT2D eigenvalue weighted by Crippen LogP contribution is -2.18. The quantitative estimate of drug-likeness (QED) is 0.0620. The molecule has 0 aromatic heterocycles. The summed E-state index contributed by atoms with van der Waals surface area (Å²) in [7, 11) is 0. The molecule has 0 rings (SSSR count). The predicted molar refractivity (Wildman–Crippen MR) is 142 cm³/mol. The lowest BCUT2D eigenvalue weighted by Gasteiger charge is -2.15. The number of hydrogen-bond acceptors (Lipinski definition) is 3. The van der Waals surface area contributed by atoms with Crippen LogP contribution in [-0.2, 0) is 4.74 Å². The van der Waals surface area contributed by atoms with Crippen molar-refractivity contribution in [3.8, 4) is 0 Å². The smallest absolute Gasteiger partial charge is 0.154 e. The highest BCUT2D eigenvalue weighted by Crippen LogP contribution is 2.14. The molecular formula is C28H56O2S. The van der Waals surface area contributed by atoms with E-state index in [1.807, 2.05) is 0 Å². The number of aliphatic hydroxyl groups excluding tert-OH is 1. The Labute approximate surface area is 201 Å². The molecule has 2 atom stereocenters. The fourth-order valence-electron chi connectivity index (χ4n) is 3.94. The highest BCUT2D eigenvalue weighted by Gasteiger charge is 2.08. The van der Waals surface area contributed by atoms with Gasteiger partial charge in [0, 0.05) is 5.25 Å². The van der Waals surface area contributed by atoms with Gasteiger partial charge in [-0.2, -0.15) is 12.6 Å². The van der Waals surface area contributed by atoms with E-state index < -0.39 is 6.29 Å². The minimum Gasteiger partial charge on any atom is -0.368 e. The van der Waals surface area contributed by atoms with Crippen molar-refractivity contribution in [2.75, 3.05) is 6.61 Å². The van der Waals surface area contributed by atoms with Gasteiger partial charge < -0.3 is 9.84 Å². The average molecular weight is 457 g/mol. The van der Waals surface area contributed by atoms with Gasteiger partial charge in [-0.3, -0.25) is 0 Å². The fraction of sp³-hybridized carbons (Fsp3) is 0.929. The topological polar surface area (TPSA) is 29.5 Å². The third-order valence-corrected chi connectivity index (χ3v) is 6.49. The number of ether oxygens (including phenoxy) is 1. The standard InChI is InChI=1S/C28H56O2S/c1-3-5-7-9-11-12-13-14-15-16-17-18-19-21-23-25-28(29)30-26-27(31)24-22-20-10-8-6-4-2/h14-15,27-29,31H,3-13,16-26H2,1-2H3/b15-14-. The number of hydrogen-bond donors (Lipinski definition) is 2. The molecule has 3 heteroatoms. The number of rotatable bonds is 25. The molecule has 186 valence electrons. The second-order valence-electron chi connectivity index (χ2n) is 9.37. The van der Waals surface area contributed by atoms with Crippen LogP contribution < -0.4 is 0 Å². The Balaban J connectivity index is 3.31. The summed E-state index contributed by atoms with van der Waals surface area (Å²) in [5.41, 5.74) is 0. The normalized spacial score (nSPS) is 13.8. The molecule has 0 aromatic carbocycles. The van der Waals surface area contributed by atoms with Crippen molar-refractivity contribution in [2.45, 2.75) is 160 Å². The lowest BCUT2D eigenvalue weighted by molar-refractivity contribution is -0.103. The molecule has 0 aliphatic carbocycles. The van der Waals surface area contributed by atoms with Gasteiger partial charge in [0.15, 0.2) is 6.29 Å². The van der Waals surface area contributed by atoms with Gasteiger partial charge in [-0.1, -0.05) is 116 Å². The van der Waals surface area contributed by atoms with Crippen molar-refractivity contribution in [3.05, 3.63) is 12.2 Å². The van der Waals surface area contributed by atoms with E-state index in [-0.39, 0.29) is 5.25 Å². The summed E-state index contributed by atoms with van der Waals surface area (Å²) in [6, 6.07) is 0. The molecule has 0 fully saturated rings. The first-order valence-electron chi connectivity index (χ1n) is 13.8. The summed E-state index contributed by atoms with van der Waals surface area (Å²) in [6.07, 6.45) is 30.8. The van der Waals surface area contributed by atoms with Crippen LogP contribution in [0.2, 0.25) is 0 Å². The maximum absolute atomic E-state index is 10.0. The van der Waals surface area contributed by atoms with E-state index in [1.165, 1.54) is 116 Å². The largest absolute Gasteiger partial charge is 0.368 e. The van der Waals surface area contributed by atoms with Gasteiger partial charge in [-0.15, -0.1) is 0 Å². The van der Waals surface area contributed by atoms with Crippen molar-refractivity contribution in [2.24, 2.45) is 0 Å². The van der Waals surface area contributed by atoms with Crippen LogP contribution in [0.4, 0.5) is 0 Å². The lowest BCUT2D eigenvalue weighted by atomic mass is 10.1. The Morgan fingerprint density at radius 1 is 0.613 bits per heavy atom. The molecule has 0 bridgehead atoms. The van der Waals surface area contributed by atoms with E-state index in [0.717, 1.165) is 19.3 Å². The van der Waals surface area contributed by atoms with Crippen molar-refractivity contribution < 1.29 is 9.84 Å². The van der Waals surface area contributed by atoms with E-state index >= 15 is 0 Å². The van der Waals surface area contributed by atoms with Crippen molar-refractivity contribution in [1.82, 2.24) is 0 Å². The highest BCUT2D eigenvalue weighted by atomic mass is 32.1. The summed E-state index contributed by atoms with van der Waals surface area (Å²) in [6.45, 7) is 5.10. The van der Waals surface area contributed by atoms with E-state index in [0.29, 0.717) is 6.61 Å². The minimum absolute atomic E-state index is 0.259. The van der Waals surface area contributed by atoms with Gasteiger partial charge in [0.05, 0.1) is 6.61 Å². The van der Waals surface area contributed by atoms with Gasteiger partial charge in [0.2, 0.25) is 0 Å². The fourth-order valence-corrected chi connectivity index (χ4v) is 4.21. The van der Waals surface area contributed by atoms with Crippen molar-refractivity contribution in [1.29, 1.82) is 0 Å². The summed E-state index contributed by atoms with van der Waals surface area (Å²) >= 11 is 4.61. The maximum atomic E-state index is 10.0. The molecule has 1 N–H and O–H groups in total. The third-order valence-electron chi connectivity index (χ3n) is 6.08. The molecule has 2 unspecified atom stereocenters. The first kappa shape index (κ1) is 31.0. The molecule has 0 aromatic rings. The third kappa shape index (κ3) is 26.1. The maximum Gasteiger partial charge on any atom is 0.154 e. The van der Waals surface area contributed by atoms with E-state index in [1.54, 1.807) is 0 Å². The van der Waals surface area contributed by atoms with E-state index in [4.69, 9.17) is 4.74 Å². The summed E-state index contributed by atoms with van der Waals surface area (Å²) < 4.78 is 5.59. The first-order chi connectivity index (χ1) is 15.2. The highest BCUT2D eigenvalue weighted by molar-refractivity contribution is 7.81. The molecule has 31 heavy (non-hydrogen) atoms. The second-order valence-corrected chi connectivity index (χ2v) is 10.1. The number of allylic oxidation sites excluding steroid dienone is 2. The van der Waals surface area contributed by atoms with Crippen LogP contribution in [0.25, 0.3) is 0 Å². The van der Waals surface area contributed by atoms with E-state index in [2.05, 4.69) is 38.6 Å². The first-order valence-corrected chi connectivity index (χ1v) is 14.3. The van der Waals surface area contributed by atoms with Gasteiger partial charge in [0.25, 0.3) is 0 Å². The van der Waals surface area contributed by atoms with Crippen LogP contribution in [0.3, 0.4) is 0 Å². The van der Waals surface area contributed by atoms with Crippen LogP contribution in [0, 0.1) is 0 Å². The Bertz CT molecular complexity index is 359. The van der Waals surface area contributed by atoms with Crippen LogP contribution in [-0.4, -0.2) is 23.3 Å². The Morgan fingerprint density at radius 2 is 1.03 bits per heavy atom. The van der Waals surface area contributed by atoms with Gasteiger partial charge in [0.1, 0.15) is 0 Å². The van der Waals surface area contributed by atoms with Gasteiger partial charge in [-0.25, -0.2) is 0 Å². The molecule has 0 amide bonds. The summed E-state index contributed by atoms with van der Waals surface area (Å²) in [4.78, 5) is 0. The molecule has 0 radical (unpaired) electrons. The number of unbranched alkanes of at least 4 members (excludes halogenated alkanes) is 16. The summed E-state index contributed by atoms with van der Waals surface area (Å²) in [5, 5.41) is 10.3. The second kappa shape index (κ2) is 26.3. The number of aliphatic hydroxyl groups is 1. The van der Waals surface area contributed by atoms with E-state index in [9.17, 15) is 5.11 Å². The Kier molecular flexibility index (Phi) is 26.3. The minimum atomic E-state index is -0.607. The van der Waals surface area contributed by atoms with Crippen molar-refractivity contribution in [3.63, 3.8) is 0 Å². The zero-order chi connectivity index (χ0) is 22.8. The van der Waals surface area contributed by atoms with Crippen LogP contribution in [0.15, 0.2) is 12.2 Å². The number of thiol groups is 1. The molecule has 0 spiro atoms. The molecular weight excluding hydrogens is 400 g/mol. The van der Waals surface area contributed by atoms with Gasteiger partial charge >= 0.3 is 0 Å². The molecule has 0 aliphatic rings. The predicted octanol–water partition coefficient (Wildman–Crippen LogP) is 9.41. The van der Waals surface area contributed by atoms with Crippen LogP contribution in [0.5, 0.6) is 0 Å². The van der Waals surface area contributed by atoms with Crippen LogP contribution in [0.1, 0.15) is 149 Å². The average Bonchev–Trinajstić information content (AvgIpc) is 2.77. The zero-order valence-electron chi connectivity index (χ0n) is 21.2. The summed E-state index contributed by atoms with van der Waals surface area (Å²) in [5.74, 6) is 0. The van der Waals surface area contributed by atoms with Crippen LogP contribution >= 0.6 is 12.6 Å². The van der Waals surface area contributed by atoms with Gasteiger partial charge in [-0.05, 0) is 44.9 Å². The Hall–Kier alpha value is 0.0100. The molecule has 0 heterocycles. The zero-order valence-corrected chi connectivity index (χ0v) is 22.1.